The molecule has 0 N–H and O–H groups in total. The Kier molecular flexibility index (Phi) is 8.05. The van der Waals surface area contributed by atoms with Crippen LogP contribution in [-0.2, 0) is 14.1 Å². The molecule has 2 aromatic rings. The molecule has 0 saturated carbocycles. The van der Waals surface area contributed by atoms with E-state index in [-0.39, 0.29) is 5.78 Å². The summed E-state index contributed by atoms with van der Waals surface area (Å²) < 4.78 is 13.7. The molecule has 2 atom stereocenters. The Hall–Kier alpha value is -2.32. The van der Waals surface area contributed by atoms with E-state index in [1.165, 1.54) is 9.12 Å². The molecule has 0 amide bonds. The van der Waals surface area contributed by atoms with Gasteiger partial charge in [-0.05, 0) is 58.2 Å². The first-order valence-electron chi connectivity index (χ1n) is 8.73. The molecule has 0 aromatic heterocycles. The van der Waals surface area contributed by atoms with Crippen LogP contribution in [0.3, 0.4) is 0 Å². The van der Waals surface area contributed by atoms with Gasteiger partial charge in [0.25, 0.3) is 0 Å². The monoisotopic (exact) mass is 387 g/mol. The molecule has 2 aromatic carbocycles. The molecular weight excluding hydrogens is 359 g/mol. The Bertz CT molecular complexity index is 784. The molecule has 0 heterocycles. The van der Waals surface area contributed by atoms with Gasteiger partial charge < -0.3 is 4.74 Å². The van der Waals surface area contributed by atoms with Crippen LogP contribution >= 0.6 is 9.12 Å². The number of hydrogen-bond acceptors (Lipinski definition) is 4. The van der Waals surface area contributed by atoms with Crippen LogP contribution in [0.25, 0.3) is 0 Å². The minimum atomic E-state index is -0.958. The molecule has 144 valence electrons. The lowest BCUT2D eigenvalue weighted by atomic mass is 9.86. The van der Waals surface area contributed by atoms with Gasteiger partial charge in [-0.3, -0.25) is 9.59 Å². The smallest absolute Gasteiger partial charge is 0.321 e. The highest BCUT2D eigenvalue weighted by Crippen LogP contribution is 2.28. The van der Waals surface area contributed by atoms with E-state index in [0.717, 1.165) is 16.7 Å². The van der Waals surface area contributed by atoms with Gasteiger partial charge in [-0.2, -0.15) is 0 Å². The first kappa shape index (κ1) is 22.7. The third-order valence-corrected chi connectivity index (χ3v) is 3.96. The minimum Gasteiger partial charge on any atom is -0.459 e. The summed E-state index contributed by atoms with van der Waals surface area (Å²) >= 11 is 0. The molecular formula is C22H28O4P+. The predicted octanol–water partition coefficient (Wildman–Crippen LogP) is 5.13. The van der Waals surface area contributed by atoms with Gasteiger partial charge >= 0.3 is 15.1 Å². The number of aryl methyl sites for hydroxylation is 3. The van der Waals surface area contributed by atoms with Crippen molar-refractivity contribution in [3.8, 4) is 0 Å². The molecule has 0 fully saturated rings. The van der Waals surface area contributed by atoms with Crippen LogP contribution in [0.4, 0.5) is 0 Å². The Labute approximate surface area is 163 Å². The summed E-state index contributed by atoms with van der Waals surface area (Å²) in [6, 6.07) is 13.1. The normalized spacial score (nSPS) is 11.8. The number of ether oxygens (including phenoxy) is 1. The summed E-state index contributed by atoms with van der Waals surface area (Å²) in [5.41, 5.74) is 3.47. The zero-order chi connectivity index (χ0) is 20.8. The third kappa shape index (κ3) is 6.11. The van der Waals surface area contributed by atoms with Gasteiger partial charge in [0.15, 0.2) is 5.78 Å². The maximum Gasteiger partial charge on any atom is 0.321 e. The van der Waals surface area contributed by atoms with Crippen LogP contribution in [-0.4, -0.2) is 17.4 Å². The minimum absolute atomic E-state index is 0.213. The Morgan fingerprint density at radius 1 is 0.926 bits per heavy atom. The van der Waals surface area contributed by atoms with Gasteiger partial charge in [-0.15, -0.1) is 0 Å². The first-order valence-corrected chi connectivity index (χ1v) is 9.21. The van der Waals surface area contributed by atoms with Crippen molar-refractivity contribution in [2.24, 2.45) is 0 Å². The van der Waals surface area contributed by atoms with E-state index < -0.39 is 17.5 Å². The van der Waals surface area contributed by atoms with Crippen LogP contribution in [0, 0.1) is 20.8 Å². The van der Waals surface area contributed by atoms with Crippen molar-refractivity contribution in [2.75, 3.05) is 0 Å². The number of benzene rings is 2. The van der Waals surface area contributed by atoms with Crippen molar-refractivity contribution >= 4 is 20.9 Å². The average Bonchev–Trinajstić information content (AvgIpc) is 2.55. The molecule has 0 spiro atoms. The molecule has 4 nitrogen and oxygen atoms in total. The lowest BCUT2D eigenvalue weighted by molar-refractivity contribution is -0.155. The number of esters is 1. The molecule has 2 rings (SSSR count). The van der Waals surface area contributed by atoms with Crippen LogP contribution in [0.2, 0.25) is 0 Å². The summed E-state index contributed by atoms with van der Waals surface area (Å²) in [4.78, 5) is 26.1. The van der Waals surface area contributed by atoms with Gasteiger partial charge in [-0.25, -0.2) is 0 Å². The van der Waals surface area contributed by atoms with E-state index in [2.05, 4.69) is 0 Å². The topological polar surface area (TPSA) is 60.4 Å². The van der Waals surface area contributed by atoms with Gasteiger partial charge in [0.1, 0.15) is 11.5 Å². The zero-order valence-electron chi connectivity index (χ0n) is 16.8. The predicted molar refractivity (Wildman–Crippen MR) is 110 cm³/mol. The van der Waals surface area contributed by atoms with Crippen molar-refractivity contribution in [3.05, 3.63) is 70.3 Å². The first-order chi connectivity index (χ1) is 12.6. The molecule has 0 aliphatic rings. The van der Waals surface area contributed by atoms with Crippen LogP contribution < -0.4 is 0 Å². The van der Waals surface area contributed by atoms with E-state index >= 15 is 0 Å². The fraction of sp³-hybridized carbons (Fsp3) is 0.364. The van der Waals surface area contributed by atoms with E-state index in [9.17, 15) is 9.59 Å². The number of carbonyl (C=O) groups is 2. The summed E-state index contributed by atoms with van der Waals surface area (Å²) in [6.45, 7) is 11.2. The Morgan fingerprint density at radius 3 is 1.85 bits per heavy atom. The van der Waals surface area contributed by atoms with Crippen LogP contribution in [0.15, 0.2) is 42.5 Å². The number of hydrogen-bond donors (Lipinski definition) is 0. The highest BCUT2D eigenvalue weighted by atomic mass is 31.0. The highest BCUT2D eigenvalue weighted by Gasteiger charge is 2.34. The molecule has 0 aliphatic carbocycles. The lowest BCUT2D eigenvalue weighted by Crippen LogP contribution is -2.32. The Balaban J connectivity index is 0.00000176. The van der Waals surface area contributed by atoms with Crippen molar-refractivity contribution < 1.29 is 18.9 Å². The molecule has 27 heavy (non-hydrogen) atoms. The third-order valence-electron chi connectivity index (χ3n) is 3.96. The lowest BCUT2D eigenvalue weighted by Gasteiger charge is -2.24. The highest BCUT2D eigenvalue weighted by molar-refractivity contribution is 7.00. The molecule has 0 radical (unpaired) electrons. The standard InChI is InChI=1S/C22H26O3.H2OP/c1-14-12-15(2)18(16(3)13-14)20(23)19(17-10-8-7-9-11-17)21(24)25-22(4,5)6;1-2/h7-13,19H,1-6H3;2H2/q;+1. The maximum atomic E-state index is 13.3. The quantitative estimate of drug-likeness (QED) is 0.316. The molecule has 0 saturated heterocycles. The number of carbonyl (C=O) groups excluding carboxylic acids is 2. The fourth-order valence-electron chi connectivity index (χ4n) is 3.11. The second kappa shape index (κ2) is 9.57. The van der Waals surface area contributed by atoms with Gasteiger partial charge in [0.2, 0.25) is 0 Å². The van der Waals surface area contributed by atoms with Gasteiger partial charge in [0.05, 0.1) is 0 Å². The average molecular weight is 387 g/mol. The summed E-state index contributed by atoms with van der Waals surface area (Å²) in [6.07, 6.45) is 0. The molecule has 0 aliphatic heterocycles. The zero-order valence-corrected chi connectivity index (χ0v) is 18.0. The molecule has 5 heteroatoms. The van der Waals surface area contributed by atoms with Crippen molar-refractivity contribution in [3.63, 3.8) is 0 Å². The van der Waals surface area contributed by atoms with Crippen LogP contribution in [0.5, 0.6) is 0 Å². The van der Waals surface area contributed by atoms with E-state index in [1.807, 2.05) is 51.1 Å². The van der Waals surface area contributed by atoms with Crippen molar-refractivity contribution in [2.45, 2.75) is 53.1 Å². The molecule has 0 bridgehead atoms. The maximum absolute atomic E-state index is 13.3. The number of ketones is 1. The summed E-state index contributed by atoms with van der Waals surface area (Å²) in [5.74, 6) is -1.68. The summed E-state index contributed by atoms with van der Waals surface area (Å²) in [5, 5.41) is 0. The van der Waals surface area contributed by atoms with E-state index in [1.54, 1.807) is 32.9 Å². The Morgan fingerprint density at radius 2 is 1.41 bits per heavy atom. The largest absolute Gasteiger partial charge is 0.459 e. The van der Waals surface area contributed by atoms with Crippen molar-refractivity contribution in [1.82, 2.24) is 0 Å². The second-order valence-electron chi connectivity index (χ2n) is 7.52. The second-order valence-corrected chi connectivity index (χ2v) is 7.52. The van der Waals surface area contributed by atoms with E-state index in [0.29, 0.717) is 11.1 Å². The van der Waals surface area contributed by atoms with E-state index in [4.69, 9.17) is 9.30 Å². The van der Waals surface area contributed by atoms with Crippen LogP contribution in [0.1, 0.15) is 59.3 Å². The number of rotatable bonds is 4. The van der Waals surface area contributed by atoms with Gasteiger partial charge in [0, 0.05) is 5.56 Å². The SMILES string of the molecule is Cc1cc(C)c(C(=O)C(C(=O)OC(C)(C)C)c2ccccc2)c(C)c1.O=[PH2+]. The summed E-state index contributed by atoms with van der Waals surface area (Å²) in [7, 11) is 1.17. The van der Waals surface area contributed by atoms with Gasteiger partial charge in [-0.1, -0.05) is 52.6 Å². The number of Topliss-reactive ketones (excluding diaryl/α,β-unsaturated/α-hetero) is 1. The van der Waals surface area contributed by atoms with Crippen molar-refractivity contribution in [1.29, 1.82) is 0 Å². The fourth-order valence-corrected chi connectivity index (χ4v) is 3.11. The molecule has 2 unspecified atom stereocenters.